The van der Waals surface area contributed by atoms with Crippen molar-refractivity contribution in [1.29, 1.82) is 0 Å². The fourth-order valence-corrected chi connectivity index (χ4v) is 4.27. The van der Waals surface area contributed by atoms with Gasteiger partial charge in [0.25, 0.3) is 5.89 Å². The molecule has 1 aliphatic heterocycles. The van der Waals surface area contributed by atoms with Crippen molar-refractivity contribution in [2.24, 2.45) is 0 Å². The van der Waals surface area contributed by atoms with Gasteiger partial charge in [0.2, 0.25) is 5.82 Å². The van der Waals surface area contributed by atoms with Crippen molar-refractivity contribution in [3.63, 3.8) is 0 Å². The van der Waals surface area contributed by atoms with E-state index in [9.17, 15) is 9.18 Å². The molecule has 3 aromatic carbocycles. The van der Waals surface area contributed by atoms with Crippen LogP contribution in [0.1, 0.15) is 35.5 Å². The van der Waals surface area contributed by atoms with E-state index in [1.165, 1.54) is 11.0 Å². The highest BCUT2D eigenvalue weighted by Gasteiger charge is 2.36. The van der Waals surface area contributed by atoms with Gasteiger partial charge >= 0.3 is 6.03 Å². The molecular weight excluding hydrogens is 459 g/mol. The van der Waals surface area contributed by atoms with E-state index in [1.54, 1.807) is 32.2 Å². The molecule has 1 unspecified atom stereocenters. The molecule has 1 aromatic heterocycles. The minimum Gasteiger partial charge on any atom is -0.497 e. The summed E-state index contributed by atoms with van der Waals surface area (Å²) < 4.78 is 25.5. The molecule has 0 fully saturated rings. The summed E-state index contributed by atoms with van der Waals surface area (Å²) in [6, 6.07) is 20.7. The number of hydrogen-bond donors (Lipinski definition) is 1. The molecule has 0 spiro atoms. The highest BCUT2D eigenvalue weighted by molar-refractivity contribution is 5.87. The van der Waals surface area contributed by atoms with Crippen molar-refractivity contribution < 1.29 is 18.4 Å². The molecule has 36 heavy (non-hydrogen) atoms. The van der Waals surface area contributed by atoms with E-state index in [0.717, 1.165) is 16.7 Å². The molecular formula is C28H25FN4O3. The van der Waals surface area contributed by atoms with Gasteiger partial charge in [-0.3, -0.25) is 4.90 Å². The van der Waals surface area contributed by atoms with E-state index < -0.39 is 6.04 Å². The van der Waals surface area contributed by atoms with E-state index in [1.807, 2.05) is 55.5 Å². The summed E-state index contributed by atoms with van der Waals surface area (Å²) >= 11 is 0. The van der Waals surface area contributed by atoms with E-state index in [2.05, 4.69) is 15.5 Å². The molecule has 0 saturated heterocycles. The summed E-state index contributed by atoms with van der Waals surface area (Å²) in [7, 11) is 1.59. The zero-order valence-electron chi connectivity index (χ0n) is 20.2. The SMILES string of the molecule is COc1cccc(C2NC(=O)N(Cc3ccccc3F)C(C)=C2c2nc(-c3ccc(C)cc3)no2)c1. The molecule has 8 heteroatoms. The number of urea groups is 1. The van der Waals surface area contributed by atoms with Crippen LogP contribution in [0.5, 0.6) is 5.75 Å². The first-order valence-corrected chi connectivity index (χ1v) is 11.5. The molecule has 7 nitrogen and oxygen atoms in total. The van der Waals surface area contributed by atoms with Crippen LogP contribution in [0.25, 0.3) is 17.0 Å². The van der Waals surface area contributed by atoms with Gasteiger partial charge in [0.15, 0.2) is 0 Å². The molecule has 182 valence electrons. The van der Waals surface area contributed by atoms with E-state index in [4.69, 9.17) is 9.26 Å². The molecule has 1 N–H and O–H groups in total. The van der Waals surface area contributed by atoms with Gasteiger partial charge in [-0.05, 0) is 37.6 Å². The number of rotatable bonds is 6. The number of methoxy groups -OCH3 is 1. The van der Waals surface area contributed by atoms with Crippen molar-refractivity contribution in [2.75, 3.05) is 7.11 Å². The van der Waals surface area contributed by atoms with Gasteiger partial charge in [-0.1, -0.05) is 65.3 Å². The Morgan fingerprint density at radius 2 is 1.83 bits per heavy atom. The van der Waals surface area contributed by atoms with Crippen LogP contribution in [0.2, 0.25) is 0 Å². The third-order valence-corrected chi connectivity index (χ3v) is 6.28. The number of halogens is 1. The minimum absolute atomic E-state index is 0.0532. The number of allylic oxidation sites excluding steroid dienone is 1. The van der Waals surface area contributed by atoms with Crippen molar-refractivity contribution in [2.45, 2.75) is 26.4 Å². The highest BCUT2D eigenvalue weighted by atomic mass is 19.1. The number of nitrogens with one attached hydrogen (secondary N) is 1. The molecule has 0 saturated carbocycles. The first-order valence-electron chi connectivity index (χ1n) is 11.5. The molecule has 2 amide bonds. The van der Waals surface area contributed by atoms with E-state index >= 15 is 0 Å². The second kappa shape index (κ2) is 9.65. The zero-order chi connectivity index (χ0) is 25.2. The molecule has 1 aliphatic rings. The summed E-state index contributed by atoms with van der Waals surface area (Å²) in [6.07, 6.45) is 0. The Morgan fingerprint density at radius 3 is 2.58 bits per heavy atom. The van der Waals surface area contributed by atoms with Crippen molar-refractivity contribution in [3.8, 4) is 17.1 Å². The number of amides is 2. The fraction of sp³-hybridized carbons (Fsp3) is 0.179. The number of hydrogen-bond acceptors (Lipinski definition) is 5. The summed E-state index contributed by atoms with van der Waals surface area (Å²) in [5.74, 6) is 0.981. The van der Waals surface area contributed by atoms with Gasteiger partial charge in [-0.15, -0.1) is 0 Å². The van der Waals surface area contributed by atoms with Gasteiger partial charge in [-0.2, -0.15) is 4.98 Å². The van der Waals surface area contributed by atoms with Crippen LogP contribution < -0.4 is 10.1 Å². The number of aryl methyl sites for hydroxylation is 1. The maximum Gasteiger partial charge on any atom is 0.322 e. The normalized spacial score (nSPS) is 15.7. The van der Waals surface area contributed by atoms with Crippen LogP contribution in [0, 0.1) is 12.7 Å². The Labute approximate surface area is 208 Å². The third-order valence-electron chi connectivity index (χ3n) is 6.28. The van der Waals surface area contributed by atoms with Gasteiger partial charge in [0, 0.05) is 16.8 Å². The van der Waals surface area contributed by atoms with Gasteiger partial charge in [0.05, 0.1) is 25.3 Å². The first kappa shape index (κ1) is 23.3. The standard InChI is InChI=1S/C28H25FN4O3/c1-17-11-13-19(14-12-17)26-31-27(36-32-26)24-18(2)33(16-21-7-4-5-10-23(21)29)28(34)30-25(24)20-8-6-9-22(15-20)35-3/h4-15,25H,16H2,1-3H3,(H,30,34). The molecule has 5 rings (SSSR count). The van der Waals surface area contributed by atoms with E-state index in [0.29, 0.717) is 28.4 Å². The Balaban J connectivity index is 1.61. The number of carbonyl (C=O) groups is 1. The minimum atomic E-state index is -0.573. The summed E-state index contributed by atoms with van der Waals surface area (Å²) in [5, 5.41) is 7.23. The van der Waals surface area contributed by atoms with Crippen LogP contribution in [0.4, 0.5) is 9.18 Å². The van der Waals surface area contributed by atoms with Crippen molar-refractivity contribution >= 4 is 11.6 Å². The number of nitrogens with zero attached hydrogens (tertiary/aromatic N) is 3. The largest absolute Gasteiger partial charge is 0.497 e. The topological polar surface area (TPSA) is 80.5 Å². The molecule has 0 bridgehead atoms. The number of aromatic nitrogens is 2. The number of benzene rings is 3. The fourth-order valence-electron chi connectivity index (χ4n) is 4.27. The molecule has 1 atom stereocenters. The van der Waals surface area contributed by atoms with Crippen LogP contribution in [0.3, 0.4) is 0 Å². The maximum absolute atomic E-state index is 14.4. The van der Waals surface area contributed by atoms with Crippen molar-refractivity contribution in [3.05, 3.63) is 107 Å². The maximum atomic E-state index is 14.4. The summed E-state index contributed by atoms with van der Waals surface area (Å²) in [6.45, 7) is 3.86. The van der Waals surface area contributed by atoms with Gasteiger partial charge < -0.3 is 14.6 Å². The smallest absolute Gasteiger partial charge is 0.322 e. The predicted molar refractivity (Wildman–Crippen MR) is 133 cm³/mol. The van der Waals surface area contributed by atoms with Crippen LogP contribution >= 0.6 is 0 Å². The van der Waals surface area contributed by atoms with Crippen molar-refractivity contribution in [1.82, 2.24) is 20.4 Å². The quantitative estimate of drug-likeness (QED) is 0.369. The van der Waals surface area contributed by atoms with Gasteiger partial charge in [-0.25, -0.2) is 9.18 Å². The second-order valence-electron chi connectivity index (χ2n) is 8.62. The van der Waals surface area contributed by atoms with Crippen LogP contribution in [-0.4, -0.2) is 28.2 Å². The molecule has 4 aromatic rings. The van der Waals surface area contributed by atoms with Crippen LogP contribution in [0.15, 0.2) is 83.0 Å². The lowest BCUT2D eigenvalue weighted by Crippen LogP contribution is -2.45. The molecule has 0 radical (unpaired) electrons. The van der Waals surface area contributed by atoms with Gasteiger partial charge in [0.1, 0.15) is 11.6 Å². The lowest BCUT2D eigenvalue weighted by molar-refractivity contribution is 0.202. The lowest BCUT2D eigenvalue weighted by atomic mass is 9.94. The molecule has 2 heterocycles. The summed E-state index contributed by atoms with van der Waals surface area (Å²) in [4.78, 5) is 19.4. The number of ether oxygens (including phenoxy) is 1. The zero-order valence-corrected chi connectivity index (χ0v) is 20.2. The lowest BCUT2D eigenvalue weighted by Gasteiger charge is -2.35. The number of carbonyl (C=O) groups excluding carboxylic acids is 1. The Bertz CT molecular complexity index is 1450. The Kier molecular flexibility index (Phi) is 6.25. The van der Waals surface area contributed by atoms with Crippen LogP contribution in [-0.2, 0) is 6.54 Å². The Hall–Kier alpha value is -4.46. The molecule has 0 aliphatic carbocycles. The second-order valence-corrected chi connectivity index (χ2v) is 8.62. The van der Waals surface area contributed by atoms with E-state index in [-0.39, 0.29) is 24.3 Å². The highest BCUT2D eigenvalue weighted by Crippen LogP contribution is 2.38. The average Bonchev–Trinajstić information content (AvgIpc) is 3.37. The predicted octanol–water partition coefficient (Wildman–Crippen LogP) is 5.89. The third kappa shape index (κ3) is 4.45. The average molecular weight is 485 g/mol. The first-order chi connectivity index (χ1) is 17.4. The summed E-state index contributed by atoms with van der Waals surface area (Å²) in [5.41, 5.74) is 4.35. The monoisotopic (exact) mass is 484 g/mol. The Morgan fingerprint density at radius 1 is 1.06 bits per heavy atom.